The molecule has 2 heterocycles. The molecule has 5 nitrogen and oxygen atoms in total. The van der Waals surface area contributed by atoms with Crippen LogP contribution in [0.1, 0.15) is 16.3 Å². The molecule has 106 valence electrons. The Morgan fingerprint density at radius 1 is 1.29 bits per heavy atom. The third-order valence-electron chi connectivity index (χ3n) is 2.82. The molecule has 2 aromatic heterocycles. The maximum atomic E-state index is 12.0. The number of hydrogen-bond donors (Lipinski definition) is 0. The lowest BCUT2D eigenvalue weighted by Crippen LogP contribution is -2.14. The van der Waals surface area contributed by atoms with Gasteiger partial charge in [0.2, 0.25) is 4.96 Å². The predicted molar refractivity (Wildman–Crippen MR) is 83.2 cm³/mol. The second-order valence-electron chi connectivity index (χ2n) is 4.39. The Balaban J connectivity index is 1.96. The van der Waals surface area contributed by atoms with Crippen molar-refractivity contribution in [3.8, 4) is 0 Å². The summed E-state index contributed by atoms with van der Waals surface area (Å²) in [5.41, 5.74) is 1.49. The average molecular weight is 299 g/mol. The Hall–Kier alpha value is -2.31. The van der Waals surface area contributed by atoms with Gasteiger partial charge in [0.15, 0.2) is 0 Å². The zero-order valence-corrected chi connectivity index (χ0v) is 12.2. The number of methoxy groups -OCH3 is 1. The van der Waals surface area contributed by atoms with E-state index in [2.05, 4.69) is 10.1 Å². The van der Waals surface area contributed by atoms with Gasteiger partial charge < -0.3 is 4.74 Å². The molecule has 0 saturated heterocycles. The highest BCUT2D eigenvalue weighted by Gasteiger charge is 2.07. The van der Waals surface area contributed by atoms with Gasteiger partial charge in [-0.2, -0.15) is 9.61 Å². The van der Waals surface area contributed by atoms with Crippen LogP contribution in [-0.2, 0) is 11.3 Å². The third kappa shape index (κ3) is 3.07. The lowest BCUT2D eigenvalue weighted by molar-refractivity contribution is 0.183. The van der Waals surface area contributed by atoms with Gasteiger partial charge in [-0.3, -0.25) is 4.79 Å². The number of benzene rings is 1. The Bertz CT molecular complexity index is 837. The van der Waals surface area contributed by atoms with Gasteiger partial charge in [-0.15, -0.1) is 0 Å². The van der Waals surface area contributed by atoms with E-state index < -0.39 is 0 Å². The molecule has 0 aliphatic rings. The van der Waals surface area contributed by atoms with Crippen LogP contribution in [0, 0.1) is 0 Å². The Morgan fingerprint density at radius 3 is 2.86 bits per heavy atom. The molecular formula is C15H13N3O2S. The van der Waals surface area contributed by atoms with Gasteiger partial charge in [0.1, 0.15) is 5.01 Å². The molecule has 0 radical (unpaired) electrons. The van der Waals surface area contributed by atoms with E-state index in [1.807, 2.05) is 42.5 Å². The van der Waals surface area contributed by atoms with E-state index in [1.165, 1.54) is 21.9 Å². The first-order valence-corrected chi connectivity index (χ1v) is 7.20. The maximum absolute atomic E-state index is 12.0. The van der Waals surface area contributed by atoms with E-state index in [0.717, 1.165) is 10.6 Å². The second-order valence-corrected chi connectivity index (χ2v) is 5.43. The molecule has 1 aromatic carbocycles. The van der Waals surface area contributed by atoms with Crippen LogP contribution in [-0.4, -0.2) is 21.7 Å². The minimum Gasteiger partial charge on any atom is -0.377 e. The highest BCUT2D eigenvalue weighted by atomic mass is 32.1. The molecule has 0 N–H and O–H groups in total. The van der Waals surface area contributed by atoms with Crippen LogP contribution >= 0.6 is 11.3 Å². The lowest BCUT2D eigenvalue weighted by atomic mass is 10.2. The molecule has 0 aliphatic carbocycles. The summed E-state index contributed by atoms with van der Waals surface area (Å²) in [5.74, 6) is 0. The van der Waals surface area contributed by atoms with Gasteiger partial charge in [-0.05, 0) is 11.6 Å². The van der Waals surface area contributed by atoms with Gasteiger partial charge in [0.05, 0.1) is 12.3 Å². The van der Waals surface area contributed by atoms with Gasteiger partial charge in [-0.1, -0.05) is 47.7 Å². The summed E-state index contributed by atoms with van der Waals surface area (Å²) in [6.45, 7) is 0.378. The smallest absolute Gasteiger partial charge is 0.275 e. The molecule has 21 heavy (non-hydrogen) atoms. The first-order valence-electron chi connectivity index (χ1n) is 6.38. The van der Waals surface area contributed by atoms with Crippen molar-refractivity contribution < 1.29 is 4.74 Å². The van der Waals surface area contributed by atoms with Crippen molar-refractivity contribution in [1.29, 1.82) is 0 Å². The molecule has 3 aromatic rings. The number of nitrogens with zero attached hydrogens (tertiary/aromatic N) is 3. The molecule has 0 bridgehead atoms. The van der Waals surface area contributed by atoms with Crippen molar-refractivity contribution in [3.05, 3.63) is 63.0 Å². The molecule has 0 saturated carbocycles. The van der Waals surface area contributed by atoms with Crippen LogP contribution in [0.15, 0.2) is 41.2 Å². The second kappa shape index (κ2) is 5.99. The number of aromatic nitrogens is 3. The van der Waals surface area contributed by atoms with Crippen molar-refractivity contribution in [2.75, 3.05) is 7.11 Å². The third-order valence-corrected chi connectivity index (χ3v) is 3.70. The van der Waals surface area contributed by atoms with Crippen LogP contribution in [0.4, 0.5) is 0 Å². The van der Waals surface area contributed by atoms with Crippen molar-refractivity contribution in [2.24, 2.45) is 0 Å². The first-order chi connectivity index (χ1) is 10.3. The monoisotopic (exact) mass is 299 g/mol. The lowest BCUT2D eigenvalue weighted by Gasteiger charge is -1.94. The van der Waals surface area contributed by atoms with Crippen LogP contribution in [0.3, 0.4) is 0 Å². The highest BCUT2D eigenvalue weighted by molar-refractivity contribution is 7.16. The molecule has 6 heteroatoms. The zero-order valence-electron chi connectivity index (χ0n) is 11.4. The Kier molecular flexibility index (Phi) is 3.89. The van der Waals surface area contributed by atoms with Crippen molar-refractivity contribution in [1.82, 2.24) is 14.6 Å². The van der Waals surface area contributed by atoms with E-state index in [-0.39, 0.29) is 5.56 Å². The minimum absolute atomic E-state index is 0.189. The minimum atomic E-state index is -0.189. The van der Waals surface area contributed by atoms with E-state index in [0.29, 0.717) is 17.3 Å². The molecule has 3 rings (SSSR count). The van der Waals surface area contributed by atoms with Crippen LogP contribution in [0.5, 0.6) is 0 Å². The van der Waals surface area contributed by atoms with Crippen molar-refractivity contribution >= 4 is 28.4 Å². The average Bonchev–Trinajstić information content (AvgIpc) is 2.90. The number of fused-ring (bicyclic) bond motifs is 1. The summed E-state index contributed by atoms with van der Waals surface area (Å²) in [4.78, 5) is 17.0. The molecule has 0 atom stereocenters. The van der Waals surface area contributed by atoms with Gasteiger partial charge in [0.25, 0.3) is 5.56 Å². The van der Waals surface area contributed by atoms with E-state index in [4.69, 9.17) is 4.74 Å². The van der Waals surface area contributed by atoms with Crippen LogP contribution < -0.4 is 5.56 Å². The normalized spacial score (nSPS) is 11.5. The Morgan fingerprint density at radius 2 is 2.10 bits per heavy atom. The maximum Gasteiger partial charge on any atom is 0.275 e. The molecule has 0 fully saturated rings. The highest BCUT2D eigenvalue weighted by Crippen LogP contribution is 2.13. The molecular weight excluding hydrogens is 286 g/mol. The quantitative estimate of drug-likeness (QED) is 0.742. The van der Waals surface area contributed by atoms with Gasteiger partial charge in [0, 0.05) is 13.2 Å². The van der Waals surface area contributed by atoms with E-state index >= 15 is 0 Å². The summed E-state index contributed by atoms with van der Waals surface area (Å²) < 4.78 is 6.33. The number of hydrogen-bond acceptors (Lipinski definition) is 5. The zero-order chi connectivity index (χ0) is 14.7. The summed E-state index contributed by atoms with van der Waals surface area (Å²) >= 11 is 1.35. The molecule has 0 aliphatic heterocycles. The predicted octanol–water partition coefficient (Wildman–Crippen LogP) is 2.47. The van der Waals surface area contributed by atoms with Gasteiger partial charge >= 0.3 is 0 Å². The summed E-state index contributed by atoms with van der Waals surface area (Å²) in [6, 6.07) is 11.3. The van der Waals surface area contributed by atoms with Crippen LogP contribution in [0.25, 0.3) is 17.1 Å². The standard InChI is InChI=1S/C15H13N3O2S/c1-20-10-13-17-18-14(19)9-12(16-15(18)21-13)8-7-11-5-3-2-4-6-11/h2-9H,10H2,1H3/b8-7+. The first kappa shape index (κ1) is 13.7. The largest absolute Gasteiger partial charge is 0.377 e. The van der Waals surface area contributed by atoms with Gasteiger partial charge in [-0.25, -0.2) is 4.98 Å². The topological polar surface area (TPSA) is 56.5 Å². The Labute approximate surface area is 125 Å². The summed E-state index contributed by atoms with van der Waals surface area (Å²) in [7, 11) is 1.59. The fraction of sp³-hybridized carbons (Fsp3) is 0.133. The fourth-order valence-corrected chi connectivity index (χ4v) is 2.76. The summed E-state index contributed by atoms with van der Waals surface area (Å²) in [6.07, 6.45) is 3.75. The van der Waals surface area contributed by atoms with E-state index in [1.54, 1.807) is 7.11 Å². The summed E-state index contributed by atoms with van der Waals surface area (Å²) in [5, 5.41) is 4.90. The van der Waals surface area contributed by atoms with Crippen molar-refractivity contribution in [2.45, 2.75) is 6.61 Å². The van der Waals surface area contributed by atoms with Crippen molar-refractivity contribution in [3.63, 3.8) is 0 Å². The molecule has 0 unspecified atom stereocenters. The number of rotatable bonds is 4. The van der Waals surface area contributed by atoms with Crippen LogP contribution in [0.2, 0.25) is 0 Å². The SMILES string of the molecule is COCc1nn2c(=O)cc(/C=C/c3ccccc3)nc2s1. The number of ether oxygens (including phenoxy) is 1. The fourth-order valence-electron chi connectivity index (χ4n) is 1.88. The molecule has 0 amide bonds. The molecule has 0 spiro atoms. The van der Waals surface area contributed by atoms with E-state index in [9.17, 15) is 4.79 Å².